The van der Waals surface area contributed by atoms with Crippen molar-refractivity contribution < 1.29 is 28.7 Å². The van der Waals surface area contributed by atoms with Gasteiger partial charge in [0.1, 0.15) is 0 Å². The van der Waals surface area contributed by atoms with Crippen LogP contribution in [0.2, 0.25) is 0 Å². The molecular formula is C14H11ClN2O2Pt. The van der Waals surface area contributed by atoms with E-state index in [-0.39, 0.29) is 11.7 Å². The topological polar surface area (TPSA) is 83.7 Å². The maximum Gasteiger partial charge on any atom is -0.693 e. The Hall–Kier alpha value is -1.48. The summed E-state index contributed by atoms with van der Waals surface area (Å²) >= 11 is 1.61. The number of hydrogen-bond donors (Lipinski definition) is 1. The largest absolute Gasteiger partial charge is 0.693 e. The average Bonchev–Trinajstić information content (AvgIpc) is 2.48. The SMILES string of the molecule is O=C(O)c1ccc2ncc3ccccc3c2c1.[Cl][Pt+].[NH2-]. The van der Waals surface area contributed by atoms with Crippen LogP contribution in [0.15, 0.2) is 48.7 Å². The predicted octanol–water partition coefficient (Wildman–Crippen LogP) is 4.49. The zero-order chi connectivity index (χ0) is 13.8. The molecule has 0 unspecified atom stereocenters. The van der Waals surface area contributed by atoms with E-state index in [1.807, 2.05) is 24.3 Å². The summed E-state index contributed by atoms with van der Waals surface area (Å²) in [4.78, 5) is 15.3. The molecule has 1 aromatic heterocycles. The van der Waals surface area contributed by atoms with Crippen LogP contribution in [0.5, 0.6) is 0 Å². The molecule has 0 aliphatic carbocycles. The van der Waals surface area contributed by atoms with Gasteiger partial charge >= 0.3 is 34.2 Å². The molecule has 0 aliphatic heterocycles. The molecule has 3 rings (SSSR count). The summed E-state index contributed by atoms with van der Waals surface area (Å²) in [6, 6.07) is 12.8. The van der Waals surface area contributed by atoms with Gasteiger partial charge in [0.15, 0.2) is 0 Å². The Bertz CT molecular complexity index is 749. The molecule has 6 heteroatoms. The maximum absolute atomic E-state index is 11.0. The monoisotopic (exact) mass is 469 g/mol. The van der Waals surface area contributed by atoms with Crippen molar-refractivity contribution in [3.8, 4) is 0 Å². The van der Waals surface area contributed by atoms with Crippen LogP contribution in [-0.4, -0.2) is 16.1 Å². The minimum Gasteiger partial charge on any atom is -0.693 e. The van der Waals surface area contributed by atoms with Crippen molar-refractivity contribution in [2.75, 3.05) is 0 Å². The number of hydrogen-bond acceptors (Lipinski definition) is 2. The molecule has 0 fully saturated rings. The number of nitrogens with two attached hydrogens (primary N) is 1. The van der Waals surface area contributed by atoms with Crippen molar-refractivity contribution in [1.82, 2.24) is 4.98 Å². The summed E-state index contributed by atoms with van der Waals surface area (Å²) in [5.74, 6) is -0.917. The van der Waals surface area contributed by atoms with Gasteiger partial charge in [0.25, 0.3) is 0 Å². The second kappa shape index (κ2) is 7.34. The molecule has 2 aromatic carbocycles. The van der Waals surface area contributed by atoms with E-state index in [4.69, 9.17) is 5.11 Å². The van der Waals surface area contributed by atoms with E-state index in [9.17, 15) is 4.79 Å². The van der Waals surface area contributed by atoms with Gasteiger partial charge in [0.2, 0.25) is 0 Å². The fourth-order valence-corrected chi connectivity index (χ4v) is 1.99. The third-order valence-corrected chi connectivity index (χ3v) is 2.84. The first-order valence-electron chi connectivity index (χ1n) is 5.38. The van der Waals surface area contributed by atoms with Gasteiger partial charge < -0.3 is 11.3 Å². The fourth-order valence-electron chi connectivity index (χ4n) is 1.99. The number of carbonyl (C=O) groups is 1. The van der Waals surface area contributed by atoms with Gasteiger partial charge in [-0.3, -0.25) is 4.98 Å². The fraction of sp³-hybridized carbons (Fsp3) is 0. The number of fused-ring (bicyclic) bond motifs is 3. The Kier molecular flexibility index (Phi) is 6.08. The molecule has 3 N–H and O–H groups in total. The van der Waals surface area contributed by atoms with Crippen LogP contribution >= 0.6 is 9.42 Å². The van der Waals surface area contributed by atoms with Gasteiger partial charge in [-0.05, 0) is 23.6 Å². The van der Waals surface area contributed by atoms with E-state index in [1.165, 1.54) is 0 Å². The number of carboxylic acids is 1. The number of nitrogens with zero attached hydrogens (tertiary/aromatic N) is 1. The average molecular weight is 470 g/mol. The van der Waals surface area contributed by atoms with Crippen molar-refractivity contribution in [3.63, 3.8) is 0 Å². The van der Waals surface area contributed by atoms with Crippen molar-refractivity contribution in [2.45, 2.75) is 0 Å². The molecule has 106 valence electrons. The molecule has 0 radical (unpaired) electrons. The van der Waals surface area contributed by atoms with Gasteiger partial charge in [-0.25, -0.2) is 4.79 Å². The molecule has 0 aliphatic rings. The number of aromatic nitrogens is 1. The molecule has 4 nitrogen and oxygen atoms in total. The van der Waals surface area contributed by atoms with E-state index in [0.29, 0.717) is 0 Å². The normalized spacial score (nSPS) is 9.55. The Morgan fingerprint density at radius 1 is 1.10 bits per heavy atom. The van der Waals surface area contributed by atoms with Crippen LogP contribution < -0.4 is 0 Å². The summed E-state index contributed by atoms with van der Waals surface area (Å²) < 4.78 is 0. The van der Waals surface area contributed by atoms with E-state index in [2.05, 4.69) is 14.4 Å². The second-order valence-corrected chi connectivity index (χ2v) is 3.88. The van der Waals surface area contributed by atoms with Gasteiger partial charge in [-0.2, -0.15) is 0 Å². The number of aromatic carboxylic acids is 1. The minimum absolute atomic E-state index is 0. The third kappa shape index (κ3) is 3.15. The van der Waals surface area contributed by atoms with Crippen molar-refractivity contribution in [2.24, 2.45) is 0 Å². The number of benzene rings is 2. The smallest absolute Gasteiger partial charge is 0.693 e. The summed E-state index contributed by atoms with van der Waals surface area (Å²) in [6.45, 7) is 0. The summed E-state index contributed by atoms with van der Waals surface area (Å²) in [6.07, 6.45) is 1.80. The molecule has 0 saturated carbocycles. The Morgan fingerprint density at radius 2 is 1.80 bits per heavy atom. The molecule has 0 saturated heterocycles. The number of carboxylic acid groups (broad SMARTS) is 1. The molecule has 0 bridgehead atoms. The first-order valence-corrected chi connectivity index (χ1v) is 8.20. The van der Waals surface area contributed by atoms with E-state index < -0.39 is 5.97 Å². The zero-order valence-corrected chi connectivity index (χ0v) is 13.2. The van der Waals surface area contributed by atoms with Crippen LogP contribution in [0.1, 0.15) is 10.4 Å². The molecule has 20 heavy (non-hydrogen) atoms. The first kappa shape index (κ1) is 16.6. The standard InChI is InChI=1S/C14H9NO2.ClH.H2N.Pt/c16-14(17)9-5-6-13-12(7-9)11-4-2-1-3-10(11)8-15-13;;;/h1-8H,(H,16,17);1H;1H2;/q;;-1;+2/p-1. The zero-order valence-electron chi connectivity index (χ0n) is 10.2. The van der Waals surface area contributed by atoms with Crippen molar-refractivity contribution >= 4 is 37.1 Å². The van der Waals surface area contributed by atoms with Crippen LogP contribution in [0.4, 0.5) is 0 Å². The Labute approximate surface area is 131 Å². The van der Waals surface area contributed by atoms with Crippen LogP contribution in [0.3, 0.4) is 0 Å². The van der Waals surface area contributed by atoms with Gasteiger partial charge in [0.05, 0.1) is 11.1 Å². The van der Waals surface area contributed by atoms with E-state index >= 15 is 0 Å². The molecule has 0 atom stereocenters. The first-order chi connectivity index (χ1) is 9.25. The number of rotatable bonds is 1. The quantitative estimate of drug-likeness (QED) is 0.533. The molecular weight excluding hydrogens is 459 g/mol. The Balaban J connectivity index is 0.000000639. The number of halogens is 1. The third-order valence-electron chi connectivity index (χ3n) is 2.84. The molecule has 3 aromatic rings. The predicted molar refractivity (Wildman–Crippen MR) is 77.3 cm³/mol. The van der Waals surface area contributed by atoms with Crippen molar-refractivity contribution in [1.29, 1.82) is 0 Å². The van der Waals surface area contributed by atoms with Crippen LogP contribution in [0, 0.1) is 0 Å². The van der Waals surface area contributed by atoms with Crippen molar-refractivity contribution in [3.05, 3.63) is 60.4 Å². The van der Waals surface area contributed by atoms with Gasteiger partial charge in [-0.1, -0.05) is 24.3 Å². The molecule has 1 heterocycles. The minimum atomic E-state index is -0.917. The molecule has 0 spiro atoms. The maximum atomic E-state index is 11.0. The van der Waals surface area contributed by atoms with Gasteiger partial charge in [0, 0.05) is 17.0 Å². The van der Waals surface area contributed by atoms with Crippen LogP contribution in [-0.2, 0) is 18.8 Å². The Morgan fingerprint density at radius 3 is 2.50 bits per heavy atom. The van der Waals surface area contributed by atoms with Crippen LogP contribution in [0.25, 0.3) is 27.8 Å². The summed E-state index contributed by atoms with van der Waals surface area (Å²) in [5.41, 5.74) is 1.10. The summed E-state index contributed by atoms with van der Waals surface area (Å²) in [5, 5.41) is 11.9. The second-order valence-electron chi connectivity index (χ2n) is 3.88. The van der Waals surface area contributed by atoms with E-state index in [1.54, 1.807) is 43.2 Å². The number of pyridine rings is 1. The summed E-state index contributed by atoms with van der Waals surface area (Å²) in [7, 11) is 4.61. The van der Waals surface area contributed by atoms with E-state index in [0.717, 1.165) is 21.7 Å². The molecule has 0 amide bonds. The van der Waals surface area contributed by atoms with Gasteiger partial charge in [-0.15, -0.1) is 0 Å².